The number of hydrogen-bond acceptors (Lipinski definition) is 4. The lowest BCUT2D eigenvalue weighted by molar-refractivity contribution is 0.417. The van der Waals surface area contributed by atoms with Crippen LogP contribution in [0.5, 0.6) is 5.75 Å². The lowest BCUT2D eigenvalue weighted by atomic mass is 10.1. The summed E-state index contributed by atoms with van der Waals surface area (Å²) < 4.78 is 61.7. The van der Waals surface area contributed by atoms with Crippen molar-refractivity contribution in [3.8, 4) is 17.0 Å². The van der Waals surface area contributed by atoms with Crippen molar-refractivity contribution in [2.45, 2.75) is 12.7 Å². The number of nitrogens with zero attached hydrogens (tertiary/aromatic N) is 2. The highest BCUT2D eigenvalue weighted by atomic mass is 32.2. The zero-order valence-corrected chi connectivity index (χ0v) is 17.6. The molecule has 0 aliphatic heterocycles. The highest BCUT2D eigenvalue weighted by Crippen LogP contribution is 2.31. The molecule has 0 amide bonds. The summed E-state index contributed by atoms with van der Waals surface area (Å²) in [5, 5.41) is 0. The van der Waals surface area contributed by atoms with E-state index in [0.717, 1.165) is 23.3 Å². The number of fused-ring (bicyclic) bond motifs is 1. The topological polar surface area (TPSA) is 72.7 Å². The number of benzene rings is 2. The third-order valence-corrected chi connectivity index (χ3v) is 5.90. The molecule has 2 aromatic carbocycles. The van der Waals surface area contributed by atoms with E-state index in [1.807, 2.05) is 35.9 Å². The molecule has 0 bridgehead atoms. The molecule has 0 radical (unpaired) electrons. The van der Waals surface area contributed by atoms with Gasteiger partial charge in [-0.25, -0.2) is 22.2 Å². The van der Waals surface area contributed by atoms with Gasteiger partial charge in [0.15, 0.2) is 0 Å². The Morgan fingerprint density at radius 2 is 1.81 bits per heavy atom. The van der Waals surface area contributed by atoms with Crippen LogP contribution in [-0.2, 0) is 15.8 Å². The maximum absolute atomic E-state index is 13.4. The van der Waals surface area contributed by atoms with Crippen molar-refractivity contribution in [3.63, 3.8) is 0 Å². The van der Waals surface area contributed by atoms with Crippen LogP contribution < -0.4 is 9.46 Å². The highest BCUT2D eigenvalue weighted by Gasteiger charge is 2.17. The predicted molar refractivity (Wildman–Crippen MR) is 115 cm³/mol. The maximum atomic E-state index is 13.4. The van der Waals surface area contributed by atoms with Gasteiger partial charge in [0.2, 0.25) is 10.0 Å². The van der Waals surface area contributed by atoms with E-state index in [2.05, 4.69) is 9.71 Å². The SMILES string of the molecule is COc1ccc(-c2cn3ccc(C)cc3n2)cc1NS(=O)(=O)Cc1cc(F)cc(F)c1. The number of rotatable bonds is 6. The molecule has 0 aliphatic rings. The van der Waals surface area contributed by atoms with E-state index >= 15 is 0 Å². The van der Waals surface area contributed by atoms with Gasteiger partial charge in [0.05, 0.1) is 24.2 Å². The minimum Gasteiger partial charge on any atom is -0.495 e. The molecule has 0 fully saturated rings. The molecule has 0 aliphatic carbocycles. The van der Waals surface area contributed by atoms with Crippen molar-refractivity contribution in [2.75, 3.05) is 11.8 Å². The van der Waals surface area contributed by atoms with E-state index in [1.165, 1.54) is 7.11 Å². The zero-order chi connectivity index (χ0) is 22.2. The summed E-state index contributed by atoms with van der Waals surface area (Å²) in [4.78, 5) is 4.59. The van der Waals surface area contributed by atoms with Crippen molar-refractivity contribution in [1.82, 2.24) is 9.38 Å². The number of aryl methyl sites for hydroxylation is 1. The smallest absolute Gasteiger partial charge is 0.237 e. The molecule has 1 N–H and O–H groups in total. The molecule has 2 aromatic heterocycles. The van der Waals surface area contributed by atoms with Crippen LogP contribution in [0.3, 0.4) is 0 Å². The standard InChI is InChI=1S/C22H19F2N3O3S/c1-14-5-6-27-12-20(25-22(27)7-14)16-3-4-21(30-2)19(10-16)26-31(28,29)13-15-8-17(23)11-18(24)9-15/h3-12,26H,13H2,1-2H3. The zero-order valence-electron chi connectivity index (χ0n) is 16.8. The Hall–Kier alpha value is -3.46. The van der Waals surface area contributed by atoms with Gasteiger partial charge in [-0.15, -0.1) is 0 Å². The Kier molecular flexibility index (Phi) is 5.36. The lowest BCUT2D eigenvalue weighted by Crippen LogP contribution is -2.16. The minimum atomic E-state index is -3.97. The lowest BCUT2D eigenvalue weighted by Gasteiger charge is -2.13. The quantitative estimate of drug-likeness (QED) is 0.475. The van der Waals surface area contributed by atoms with E-state index in [1.54, 1.807) is 18.2 Å². The summed E-state index contributed by atoms with van der Waals surface area (Å²) in [6.07, 6.45) is 3.73. The van der Waals surface area contributed by atoms with E-state index in [-0.39, 0.29) is 11.3 Å². The molecule has 0 unspecified atom stereocenters. The molecule has 0 saturated heterocycles. The number of halogens is 2. The van der Waals surface area contributed by atoms with Crippen molar-refractivity contribution >= 4 is 21.4 Å². The van der Waals surface area contributed by atoms with Gasteiger partial charge in [-0.1, -0.05) is 0 Å². The first-order valence-corrected chi connectivity index (χ1v) is 11.0. The first-order chi connectivity index (χ1) is 14.7. The van der Waals surface area contributed by atoms with Gasteiger partial charge >= 0.3 is 0 Å². The molecule has 0 saturated carbocycles. The molecule has 9 heteroatoms. The van der Waals surface area contributed by atoms with E-state index < -0.39 is 27.4 Å². The third-order valence-electron chi connectivity index (χ3n) is 4.66. The van der Waals surface area contributed by atoms with Crippen molar-refractivity contribution in [2.24, 2.45) is 0 Å². The maximum Gasteiger partial charge on any atom is 0.237 e. The van der Waals surface area contributed by atoms with Crippen LogP contribution in [0.2, 0.25) is 0 Å². The number of methoxy groups -OCH3 is 1. The summed E-state index contributed by atoms with van der Waals surface area (Å²) >= 11 is 0. The van der Waals surface area contributed by atoms with Crippen LogP contribution in [-0.4, -0.2) is 24.9 Å². The monoisotopic (exact) mass is 443 g/mol. The van der Waals surface area contributed by atoms with Crippen LogP contribution >= 0.6 is 0 Å². The number of hydrogen-bond donors (Lipinski definition) is 1. The first kappa shape index (κ1) is 20.8. The Morgan fingerprint density at radius 3 is 2.52 bits per heavy atom. The van der Waals surface area contributed by atoms with Crippen LogP contribution in [0.25, 0.3) is 16.9 Å². The van der Waals surface area contributed by atoms with Crippen molar-refractivity contribution in [1.29, 1.82) is 0 Å². The van der Waals surface area contributed by atoms with Crippen LogP contribution in [0.1, 0.15) is 11.1 Å². The Balaban J connectivity index is 1.66. The predicted octanol–water partition coefficient (Wildman–Crippen LogP) is 4.54. The van der Waals surface area contributed by atoms with Gasteiger partial charge in [-0.05, 0) is 60.5 Å². The normalized spacial score (nSPS) is 11.6. The molecule has 4 rings (SSSR count). The fourth-order valence-corrected chi connectivity index (χ4v) is 4.46. The molecule has 2 heterocycles. The second-order valence-electron chi connectivity index (χ2n) is 7.15. The number of anilines is 1. The van der Waals surface area contributed by atoms with Crippen molar-refractivity contribution in [3.05, 3.63) is 83.7 Å². The molecule has 0 spiro atoms. The first-order valence-electron chi connectivity index (χ1n) is 9.32. The summed E-state index contributed by atoms with van der Waals surface area (Å²) in [5.41, 5.74) is 3.36. The molecule has 160 valence electrons. The van der Waals surface area contributed by atoms with Gasteiger partial charge in [-0.3, -0.25) is 4.72 Å². The molecular formula is C22H19F2N3O3S. The van der Waals surface area contributed by atoms with Gasteiger partial charge in [0.1, 0.15) is 23.0 Å². The number of aromatic nitrogens is 2. The summed E-state index contributed by atoms with van der Waals surface area (Å²) in [6, 6.07) is 11.6. The fourth-order valence-electron chi connectivity index (χ4n) is 3.29. The fraction of sp³-hybridized carbons (Fsp3) is 0.136. The minimum absolute atomic E-state index is 0.00385. The van der Waals surface area contributed by atoms with Gasteiger partial charge in [0, 0.05) is 24.0 Å². The summed E-state index contributed by atoms with van der Waals surface area (Å²) in [6.45, 7) is 1.97. The van der Waals surface area contributed by atoms with Crippen LogP contribution in [0.15, 0.2) is 60.9 Å². The number of sulfonamides is 1. The average Bonchev–Trinajstić information content (AvgIpc) is 3.09. The van der Waals surface area contributed by atoms with Crippen molar-refractivity contribution < 1.29 is 21.9 Å². The molecule has 0 atom stereocenters. The van der Waals surface area contributed by atoms with Crippen LogP contribution in [0.4, 0.5) is 14.5 Å². The summed E-state index contributed by atoms with van der Waals surface area (Å²) in [7, 11) is -2.55. The van der Waals surface area contributed by atoms with Crippen LogP contribution in [0, 0.1) is 18.6 Å². The Morgan fingerprint density at radius 1 is 1.06 bits per heavy atom. The van der Waals surface area contributed by atoms with E-state index in [4.69, 9.17) is 4.74 Å². The Bertz CT molecular complexity index is 1360. The number of nitrogens with one attached hydrogen (secondary N) is 1. The van der Waals surface area contributed by atoms with E-state index in [9.17, 15) is 17.2 Å². The van der Waals surface area contributed by atoms with E-state index in [0.29, 0.717) is 23.1 Å². The second-order valence-corrected chi connectivity index (χ2v) is 8.87. The summed E-state index contributed by atoms with van der Waals surface area (Å²) in [5.74, 6) is -1.97. The third kappa shape index (κ3) is 4.66. The number of imidazole rings is 1. The largest absolute Gasteiger partial charge is 0.495 e. The average molecular weight is 443 g/mol. The Labute approximate surface area is 178 Å². The van der Waals surface area contributed by atoms with Gasteiger partial charge in [0.25, 0.3) is 0 Å². The number of ether oxygens (including phenoxy) is 1. The van der Waals surface area contributed by atoms with Gasteiger partial charge in [-0.2, -0.15) is 0 Å². The molecule has 31 heavy (non-hydrogen) atoms. The molecule has 6 nitrogen and oxygen atoms in total. The number of pyridine rings is 1. The second kappa shape index (κ2) is 7.99. The molecular weight excluding hydrogens is 424 g/mol. The highest BCUT2D eigenvalue weighted by molar-refractivity contribution is 7.91. The van der Waals surface area contributed by atoms with Gasteiger partial charge < -0.3 is 9.14 Å². The molecule has 4 aromatic rings.